The van der Waals surface area contributed by atoms with Gasteiger partial charge in [-0.25, -0.2) is 8.42 Å². The Morgan fingerprint density at radius 3 is 1.61 bits per heavy atom. The number of amides is 2. The molecule has 166 valence electrons. The van der Waals surface area contributed by atoms with Gasteiger partial charge in [-0.2, -0.15) is 0 Å². The third-order valence-electron chi connectivity index (χ3n) is 7.24. The van der Waals surface area contributed by atoms with Crippen LogP contribution < -0.4 is 10.6 Å². The van der Waals surface area contributed by atoms with Crippen molar-refractivity contribution in [3.05, 3.63) is 44.8 Å². The van der Waals surface area contributed by atoms with Crippen LogP contribution in [-0.2, 0) is 9.84 Å². The van der Waals surface area contributed by atoms with Gasteiger partial charge in [0.05, 0.1) is 20.3 Å². The number of fused-ring (bicyclic) bond motifs is 3. The molecule has 2 aliphatic carbocycles. The largest absolute Gasteiger partial charge is 0.349 e. The SMILES string of the molecule is O=C(NC1CCC2C3CCC(NC(=O)c4cccs4)CC3S(=O)(=O)C2C1)c1cccs1. The van der Waals surface area contributed by atoms with E-state index < -0.39 is 9.84 Å². The maximum atomic E-state index is 13.5. The first-order valence-electron chi connectivity index (χ1n) is 10.8. The minimum atomic E-state index is -3.29. The summed E-state index contributed by atoms with van der Waals surface area (Å²) in [6.07, 6.45) is 4.34. The van der Waals surface area contributed by atoms with Crippen molar-refractivity contribution in [2.45, 2.75) is 61.1 Å². The number of sulfone groups is 1. The number of carbonyl (C=O) groups is 2. The average molecular weight is 479 g/mol. The fourth-order valence-corrected chi connectivity index (χ4v) is 10.2. The topological polar surface area (TPSA) is 92.3 Å². The first-order chi connectivity index (χ1) is 14.9. The number of carbonyl (C=O) groups excluding carboxylic acids is 2. The van der Waals surface area contributed by atoms with Crippen molar-refractivity contribution in [2.75, 3.05) is 0 Å². The Hall–Kier alpha value is -1.71. The summed E-state index contributed by atoms with van der Waals surface area (Å²) in [4.78, 5) is 26.2. The van der Waals surface area contributed by atoms with Gasteiger partial charge in [-0.05, 0) is 73.3 Å². The Bertz CT molecular complexity index is 970. The highest BCUT2D eigenvalue weighted by molar-refractivity contribution is 7.93. The number of thiophene rings is 2. The van der Waals surface area contributed by atoms with Gasteiger partial charge in [0.2, 0.25) is 0 Å². The molecule has 1 saturated heterocycles. The molecule has 3 aliphatic rings. The number of nitrogens with one attached hydrogen (secondary N) is 2. The van der Waals surface area contributed by atoms with Crippen LogP contribution in [0, 0.1) is 11.8 Å². The number of hydrogen-bond acceptors (Lipinski definition) is 6. The molecule has 1 aliphatic heterocycles. The molecule has 2 saturated carbocycles. The van der Waals surface area contributed by atoms with E-state index in [1.807, 2.05) is 22.9 Å². The fraction of sp³-hybridized carbons (Fsp3) is 0.545. The Labute approximate surface area is 190 Å². The van der Waals surface area contributed by atoms with E-state index in [1.54, 1.807) is 12.1 Å². The van der Waals surface area contributed by atoms with Crippen molar-refractivity contribution in [3.8, 4) is 0 Å². The lowest BCUT2D eigenvalue weighted by molar-refractivity contribution is 0.0900. The van der Waals surface area contributed by atoms with Gasteiger partial charge in [-0.3, -0.25) is 9.59 Å². The Morgan fingerprint density at radius 1 is 0.774 bits per heavy atom. The molecule has 3 heterocycles. The van der Waals surface area contributed by atoms with Gasteiger partial charge in [0.25, 0.3) is 11.8 Å². The van der Waals surface area contributed by atoms with Crippen LogP contribution in [0.3, 0.4) is 0 Å². The molecule has 6 atom stereocenters. The molecule has 0 bridgehead atoms. The molecule has 2 aromatic rings. The van der Waals surface area contributed by atoms with Gasteiger partial charge < -0.3 is 10.6 Å². The maximum absolute atomic E-state index is 13.5. The molecule has 3 fully saturated rings. The standard InChI is InChI=1S/C22H26N2O4S3/c25-21(17-3-1-9-29-17)23-13-5-7-15-16-8-6-14(24-22(26)18-4-2-10-30-18)12-20(16)31(27,28)19(15)11-13/h1-4,9-10,13-16,19-20H,5-8,11-12H2,(H,23,25)(H,24,26). The molecular weight excluding hydrogens is 452 g/mol. The zero-order valence-corrected chi connectivity index (χ0v) is 19.5. The van der Waals surface area contributed by atoms with E-state index in [0.29, 0.717) is 22.6 Å². The van der Waals surface area contributed by atoms with E-state index >= 15 is 0 Å². The summed E-state index contributed by atoms with van der Waals surface area (Å²) in [6, 6.07) is 7.07. The van der Waals surface area contributed by atoms with E-state index in [1.165, 1.54) is 22.7 Å². The predicted octanol–water partition coefficient (Wildman–Crippen LogP) is 3.47. The Kier molecular flexibility index (Phi) is 5.68. The van der Waals surface area contributed by atoms with Crippen LogP contribution >= 0.6 is 22.7 Å². The third-order valence-corrected chi connectivity index (χ3v) is 11.7. The van der Waals surface area contributed by atoms with Crippen molar-refractivity contribution in [2.24, 2.45) is 11.8 Å². The third kappa shape index (κ3) is 3.96. The Morgan fingerprint density at radius 2 is 1.23 bits per heavy atom. The van der Waals surface area contributed by atoms with Crippen LogP contribution in [0.5, 0.6) is 0 Å². The van der Waals surface area contributed by atoms with E-state index in [4.69, 9.17) is 0 Å². The summed E-state index contributed by atoms with van der Waals surface area (Å²) in [6.45, 7) is 0. The lowest BCUT2D eigenvalue weighted by Crippen LogP contribution is -2.43. The highest BCUT2D eigenvalue weighted by Gasteiger charge is 2.57. The highest BCUT2D eigenvalue weighted by atomic mass is 32.2. The van der Waals surface area contributed by atoms with Crippen molar-refractivity contribution < 1.29 is 18.0 Å². The minimum Gasteiger partial charge on any atom is -0.349 e. The zero-order valence-electron chi connectivity index (χ0n) is 17.0. The quantitative estimate of drug-likeness (QED) is 0.704. The second-order valence-corrected chi connectivity index (χ2v) is 13.2. The molecule has 6 nitrogen and oxygen atoms in total. The van der Waals surface area contributed by atoms with Gasteiger partial charge in [-0.1, -0.05) is 12.1 Å². The lowest BCUT2D eigenvalue weighted by atomic mass is 9.71. The molecule has 0 spiro atoms. The second kappa shape index (κ2) is 8.33. The molecule has 6 unspecified atom stereocenters. The van der Waals surface area contributed by atoms with Gasteiger partial charge in [0.15, 0.2) is 9.84 Å². The molecule has 2 amide bonds. The maximum Gasteiger partial charge on any atom is 0.261 e. The summed E-state index contributed by atoms with van der Waals surface area (Å²) in [5, 5.41) is 9.09. The molecule has 2 aromatic heterocycles. The first-order valence-corrected chi connectivity index (χ1v) is 14.2. The zero-order chi connectivity index (χ0) is 21.6. The Balaban J connectivity index is 1.25. The van der Waals surface area contributed by atoms with Crippen molar-refractivity contribution in [3.63, 3.8) is 0 Å². The average Bonchev–Trinajstić information content (AvgIpc) is 3.50. The summed E-state index contributed by atoms with van der Waals surface area (Å²) < 4.78 is 26.9. The molecule has 31 heavy (non-hydrogen) atoms. The fourth-order valence-electron chi connectivity index (χ4n) is 5.86. The van der Waals surface area contributed by atoms with Gasteiger partial charge in [-0.15, -0.1) is 22.7 Å². The molecule has 2 N–H and O–H groups in total. The molecule has 5 rings (SSSR count). The van der Waals surface area contributed by atoms with Gasteiger partial charge in [0, 0.05) is 12.1 Å². The van der Waals surface area contributed by atoms with Crippen molar-refractivity contribution in [1.82, 2.24) is 10.6 Å². The van der Waals surface area contributed by atoms with Crippen LogP contribution in [0.1, 0.15) is 57.9 Å². The van der Waals surface area contributed by atoms with Gasteiger partial charge in [0.1, 0.15) is 0 Å². The van der Waals surface area contributed by atoms with Crippen LogP contribution in [0.25, 0.3) is 0 Å². The van der Waals surface area contributed by atoms with Crippen LogP contribution in [0.4, 0.5) is 0 Å². The molecule has 9 heteroatoms. The highest BCUT2D eigenvalue weighted by Crippen LogP contribution is 2.51. The monoisotopic (exact) mass is 478 g/mol. The van der Waals surface area contributed by atoms with Crippen LogP contribution in [-0.4, -0.2) is 42.8 Å². The van der Waals surface area contributed by atoms with Gasteiger partial charge >= 0.3 is 0 Å². The predicted molar refractivity (Wildman–Crippen MR) is 122 cm³/mol. The molecular formula is C22H26N2O4S3. The lowest BCUT2D eigenvalue weighted by Gasteiger charge is -2.35. The number of hydrogen-bond donors (Lipinski definition) is 2. The van der Waals surface area contributed by atoms with Crippen LogP contribution in [0.2, 0.25) is 0 Å². The van der Waals surface area contributed by atoms with Crippen molar-refractivity contribution >= 4 is 44.3 Å². The van der Waals surface area contributed by atoms with Crippen molar-refractivity contribution in [1.29, 1.82) is 0 Å². The minimum absolute atomic E-state index is 0.0971. The second-order valence-electron chi connectivity index (χ2n) is 8.92. The van der Waals surface area contributed by atoms with E-state index in [0.717, 1.165) is 25.7 Å². The first kappa shape index (κ1) is 21.2. The summed E-state index contributed by atoms with van der Waals surface area (Å²) >= 11 is 2.79. The summed E-state index contributed by atoms with van der Waals surface area (Å²) in [5.74, 6) is 0.142. The smallest absolute Gasteiger partial charge is 0.261 e. The summed E-state index contributed by atoms with van der Waals surface area (Å²) in [5.41, 5.74) is 0. The summed E-state index contributed by atoms with van der Waals surface area (Å²) in [7, 11) is -3.29. The van der Waals surface area contributed by atoms with E-state index in [9.17, 15) is 18.0 Å². The molecule has 0 aromatic carbocycles. The normalized spacial score (nSPS) is 33.8. The number of rotatable bonds is 4. The van der Waals surface area contributed by atoms with E-state index in [2.05, 4.69) is 10.6 Å². The molecule has 0 radical (unpaired) electrons. The van der Waals surface area contributed by atoms with E-state index in [-0.39, 0.29) is 46.2 Å². The van der Waals surface area contributed by atoms with Crippen LogP contribution in [0.15, 0.2) is 35.0 Å².